The minimum Gasteiger partial charge on any atom is -0.368 e. The maximum absolute atomic E-state index is 11.9. The Labute approximate surface area is 131 Å². The number of carbonyl (C=O) groups excluding carboxylic acids is 2. The first-order valence-electron chi connectivity index (χ1n) is 7.50. The minimum absolute atomic E-state index is 0.1000. The summed E-state index contributed by atoms with van der Waals surface area (Å²) >= 11 is 0. The normalized spacial score (nSPS) is 17.9. The molecule has 0 spiro atoms. The standard InChI is InChI=1S/C16H24N4O2/c1-18(2)14(21)12-19-8-10-20(11-9-19)15(16(17)22)13-6-4-3-5-7-13/h3-7,15H,8-12H2,1-2H3,(H2,17,22). The van der Waals surface area contributed by atoms with Gasteiger partial charge >= 0.3 is 0 Å². The largest absolute Gasteiger partial charge is 0.368 e. The number of nitrogens with two attached hydrogens (primary N) is 1. The molecule has 1 aliphatic rings. The van der Waals surface area contributed by atoms with E-state index in [1.807, 2.05) is 30.3 Å². The van der Waals surface area contributed by atoms with Crippen molar-refractivity contribution in [2.24, 2.45) is 5.73 Å². The summed E-state index contributed by atoms with van der Waals surface area (Å²) in [5.74, 6) is -0.230. The molecule has 2 N–H and O–H groups in total. The maximum Gasteiger partial charge on any atom is 0.239 e. The summed E-state index contributed by atoms with van der Waals surface area (Å²) in [6, 6.07) is 9.21. The molecule has 1 aliphatic heterocycles. The van der Waals surface area contributed by atoms with Crippen LogP contribution in [0.25, 0.3) is 0 Å². The topological polar surface area (TPSA) is 69.9 Å². The zero-order chi connectivity index (χ0) is 16.1. The van der Waals surface area contributed by atoms with E-state index in [1.54, 1.807) is 19.0 Å². The van der Waals surface area contributed by atoms with Crippen LogP contribution in [0.2, 0.25) is 0 Å². The second kappa shape index (κ2) is 7.38. The van der Waals surface area contributed by atoms with Crippen LogP contribution in [0.4, 0.5) is 0 Å². The van der Waals surface area contributed by atoms with Gasteiger partial charge in [0.15, 0.2) is 0 Å². The van der Waals surface area contributed by atoms with Crippen molar-refractivity contribution < 1.29 is 9.59 Å². The molecule has 6 nitrogen and oxygen atoms in total. The number of likely N-dealkylation sites (N-methyl/N-ethyl adjacent to an activating group) is 1. The van der Waals surface area contributed by atoms with E-state index < -0.39 is 6.04 Å². The number of hydrogen-bond donors (Lipinski definition) is 1. The molecular weight excluding hydrogens is 280 g/mol. The van der Waals surface area contributed by atoms with Crippen LogP contribution < -0.4 is 5.73 Å². The van der Waals surface area contributed by atoms with E-state index in [4.69, 9.17) is 5.73 Å². The predicted octanol–water partition coefficient (Wildman–Crippen LogP) is -0.0812. The Bertz CT molecular complexity index is 510. The number of benzene rings is 1. The number of nitrogens with zero attached hydrogens (tertiary/aromatic N) is 3. The summed E-state index contributed by atoms with van der Waals surface area (Å²) < 4.78 is 0. The summed E-state index contributed by atoms with van der Waals surface area (Å²) in [6.07, 6.45) is 0. The van der Waals surface area contributed by atoms with Crippen molar-refractivity contribution in [3.63, 3.8) is 0 Å². The van der Waals surface area contributed by atoms with Crippen molar-refractivity contribution in [3.05, 3.63) is 35.9 Å². The smallest absolute Gasteiger partial charge is 0.239 e. The third kappa shape index (κ3) is 4.05. The monoisotopic (exact) mass is 304 g/mol. The number of amides is 2. The van der Waals surface area contributed by atoms with Crippen molar-refractivity contribution in [1.29, 1.82) is 0 Å². The average Bonchev–Trinajstić information content (AvgIpc) is 2.50. The molecule has 0 saturated carbocycles. The van der Waals surface area contributed by atoms with Gasteiger partial charge in [0.1, 0.15) is 6.04 Å². The molecule has 0 aromatic heterocycles. The number of piperazine rings is 1. The third-order valence-corrected chi connectivity index (χ3v) is 4.01. The van der Waals surface area contributed by atoms with Crippen LogP contribution in [0.15, 0.2) is 30.3 Å². The summed E-state index contributed by atoms with van der Waals surface area (Å²) in [6.45, 7) is 3.40. The van der Waals surface area contributed by atoms with E-state index in [-0.39, 0.29) is 11.8 Å². The first-order valence-corrected chi connectivity index (χ1v) is 7.50. The first-order chi connectivity index (χ1) is 10.5. The Kier molecular flexibility index (Phi) is 5.51. The van der Waals surface area contributed by atoms with Crippen LogP contribution >= 0.6 is 0 Å². The lowest BCUT2D eigenvalue weighted by Gasteiger charge is -2.38. The van der Waals surface area contributed by atoms with Crippen LogP contribution in [0.5, 0.6) is 0 Å². The molecule has 6 heteroatoms. The van der Waals surface area contributed by atoms with E-state index in [2.05, 4.69) is 9.80 Å². The third-order valence-electron chi connectivity index (χ3n) is 4.01. The van der Waals surface area contributed by atoms with Crippen molar-refractivity contribution in [2.75, 3.05) is 46.8 Å². The van der Waals surface area contributed by atoms with Gasteiger partial charge in [-0.15, -0.1) is 0 Å². The SMILES string of the molecule is CN(C)C(=O)CN1CCN(C(C(N)=O)c2ccccc2)CC1. The Morgan fingerprint density at radius 3 is 2.23 bits per heavy atom. The highest BCUT2D eigenvalue weighted by Crippen LogP contribution is 2.21. The molecule has 120 valence electrons. The zero-order valence-electron chi connectivity index (χ0n) is 13.2. The molecule has 0 radical (unpaired) electrons. The molecule has 0 aliphatic carbocycles. The van der Waals surface area contributed by atoms with Crippen LogP contribution in [0, 0.1) is 0 Å². The van der Waals surface area contributed by atoms with Crippen LogP contribution in [-0.4, -0.2) is 73.3 Å². The molecule has 1 heterocycles. The average molecular weight is 304 g/mol. The zero-order valence-corrected chi connectivity index (χ0v) is 13.2. The Hall–Kier alpha value is -1.92. The summed E-state index contributed by atoms with van der Waals surface area (Å²) in [4.78, 5) is 29.4. The molecule has 1 aromatic rings. The van der Waals surface area contributed by atoms with Gasteiger partial charge < -0.3 is 10.6 Å². The second-order valence-corrected chi connectivity index (χ2v) is 5.82. The van der Waals surface area contributed by atoms with Crippen molar-refractivity contribution in [1.82, 2.24) is 14.7 Å². The number of carbonyl (C=O) groups is 2. The molecule has 2 amide bonds. The summed E-state index contributed by atoms with van der Waals surface area (Å²) in [5.41, 5.74) is 6.52. The molecular formula is C16H24N4O2. The molecule has 1 aromatic carbocycles. The lowest BCUT2D eigenvalue weighted by atomic mass is 10.0. The van der Waals surface area contributed by atoms with Gasteiger partial charge in [-0.25, -0.2) is 0 Å². The van der Waals surface area contributed by atoms with E-state index in [0.29, 0.717) is 6.54 Å². The van der Waals surface area contributed by atoms with Crippen molar-refractivity contribution in [2.45, 2.75) is 6.04 Å². The fourth-order valence-electron chi connectivity index (χ4n) is 2.70. The van der Waals surface area contributed by atoms with E-state index in [1.165, 1.54) is 0 Å². The number of hydrogen-bond acceptors (Lipinski definition) is 4. The van der Waals surface area contributed by atoms with Gasteiger partial charge in [-0.3, -0.25) is 19.4 Å². The van der Waals surface area contributed by atoms with Crippen molar-refractivity contribution >= 4 is 11.8 Å². The number of rotatable bonds is 5. The molecule has 2 rings (SSSR count). The van der Waals surface area contributed by atoms with Gasteiger partial charge in [-0.1, -0.05) is 30.3 Å². The van der Waals surface area contributed by atoms with Crippen LogP contribution in [0.1, 0.15) is 11.6 Å². The number of primary amides is 1. The summed E-state index contributed by atoms with van der Waals surface area (Å²) in [5, 5.41) is 0. The van der Waals surface area contributed by atoms with Crippen LogP contribution in [-0.2, 0) is 9.59 Å². The molecule has 0 bridgehead atoms. The molecule has 1 atom stereocenters. The predicted molar refractivity (Wildman–Crippen MR) is 85.1 cm³/mol. The molecule has 1 saturated heterocycles. The summed E-state index contributed by atoms with van der Waals surface area (Å²) in [7, 11) is 3.52. The fraction of sp³-hybridized carbons (Fsp3) is 0.500. The minimum atomic E-state index is -0.395. The Morgan fingerprint density at radius 2 is 1.73 bits per heavy atom. The Balaban J connectivity index is 1.97. The van der Waals surface area contributed by atoms with E-state index in [0.717, 1.165) is 31.7 Å². The molecule has 1 fully saturated rings. The molecule has 22 heavy (non-hydrogen) atoms. The lowest BCUT2D eigenvalue weighted by molar-refractivity contribution is -0.131. The molecule has 1 unspecified atom stereocenters. The van der Waals surface area contributed by atoms with E-state index >= 15 is 0 Å². The lowest BCUT2D eigenvalue weighted by Crippen LogP contribution is -2.52. The highest BCUT2D eigenvalue weighted by Gasteiger charge is 2.29. The van der Waals surface area contributed by atoms with Crippen LogP contribution in [0.3, 0.4) is 0 Å². The van der Waals surface area contributed by atoms with E-state index in [9.17, 15) is 9.59 Å². The highest BCUT2D eigenvalue weighted by molar-refractivity contribution is 5.81. The Morgan fingerprint density at radius 1 is 1.14 bits per heavy atom. The van der Waals surface area contributed by atoms with Gasteiger partial charge in [0.2, 0.25) is 11.8 Å². The van der Waals surface area contributed by atoms with Gasteiger partial charge in [-0.2, -0.15) is 0 Å². The highest BCUT2D eigenvalue weighted by atomic mass is 16.2. The van der Waals surface area contributed by atoms with Gasteiger partial charge in [0, 0.05) is 40.3 Å². The van der Waals surface area contributed by atoms with Gasteiger partial charge in [0.05, 0.1) is 6.54 Å². The second-order valence-electron chi connectivity index (χ2n) is 5.82. The van der Waals surface area contributed by atoms with Gasteiger partial charge in [0.25, 0.3) is 0 Å². The fourth-order valence-corrected chi connectivity index (χ4v) is 2.70. The van der Waals surface area contributed by atoms with Crippen molar-refractivity contribution in [3.8, 4) is 0 Å². The first kappa shape index (κ1) is 16.5. The maximum atomic E-state index is 11.9. The quantitative estimate of drug-likeness (QED) is 0.826. The van der Waals surface area contributed by atoms with Gasteiger partial charge in [-0.05, 0) is 5.56 Å².